The molecule has 1 atom stereocenters. The third kappa shape index (κ3) is 8.18. The molecule has 0 aliphatic carbocycles. The van der Waals surface area contributed by atoms with E-state index in [1.54, 1.807) is 7.11 Å². The lowest BCUT2D eigenvalue weighted by Gasteiger charge is -2.27. The summed E-state index contributed by atoms with van der Waals surface area (Å²) in [6.07, 6.45) is -0.628. The number of rotatable bonds is 12. The second-order valence-corrected chi connectivity index (χ2v) is 9.84. The third-order valence-corrected chi connectivity index (χ3v) is 5.54. The number of ether oxygens (including phenoxy) is 3. The molecule has 0 fully saturated rings. The highest BCUT2D eigenvalue weighted by Crippen LogP contribution is 2.32. The van der Waals surface area contributed by atoms with Crippen molar-refractivity contribution < 1.29 is 19.3 Å². The van der Waals surface area contributed by atoms with Crippen molar-refractivity contribution >= 4 is 0 Å². The first-order chi connectivity index (χ1) is 16.7. The average Bonchev–Trinajstić information content (AvgIpc) is 3.12. The first-order valence-electron chi connectivity index (χ1n) is 12.1. The van der Waals surface area contributed by atoms with Crippen molar-refractivity contribution in [2.24, 2.45) is 0 Å². The van der Waals surface area contributed by atoms with Gasteiger partial charge in [-0.15, -0.1) is 0 Å². The summed E-state index contributed by atoms with van der Waals surface area (Å²) in [6.45, 7) is 12.5. The second-order valence-electron chi connectivity index (χ2n) is 9.84. The molecule has 3 aromatic rings. The largest absolute Gasteiger partial charge is 0.439 e. The van der Waals surface area contributed by atoms with Gasteiger partial charge in [0, 0.05) is 26.7 Å². The van der Waals surface area contributed by atoms with E-state index < -0.39 is 6.10 Å². The predicted octanol–water partition coefficient (Wildman–Crippen LogP) is 4.91. The number of hydrogen-bond acceptors (Lipinski definition) is 6. The first kappa shape index (κ1) is 26.9. The van der Waals surface area contributed by atoms with E-state index in [0.29, 0.717) is 32.1 Å². The zero-order valence-corrected chi connectivity index (χ0v) is 21.8. The van der Waals surface area contributed by atoms with Crippen molar-refractivity contribution in [2.75, 3.05) is 33.4 Å². The molecule has 0 spiro atoms. The maximum absolute atomic E-state index is 10.7. The van der Waals surface area contributed by atoms with E-state index in [0.717, 1.165) is 22.7 Å². The number of benzene rings is 2. The molecule has 0 aliphatic heterocycles. The molecule has 1 heterocycles. The van der Waals surface area contributed by atoms with Crippen LogP contribution in [0, 0.1) is 13.8 Å². The topological polar surface area (TPSA) is 69.0 Å². The summed E-state index contributed by atoms with van der Waals surface area (Å²) in [5.41, 5.74) is 3.63. The van der Waals surface area contributed by atoms with E-state index in [-0.39, 0.29) is 12.2 Å². The molecule has 0 bridgehead atoms. The minimum Gasteiger partial charge on any atom is -0.439 e. The van der Waals surface area contributed by atoms with E-state index >= 15 is 0 Å². The Morgan fingerprint density at radius 3 is 2.34 bits per heavy atom. The molecule has 2 aromatic carbocycles. The fraction of sp³-hybridized carbons (Fsp3) is 0.464. The Hall–Kier alpha value is -2.71. The maximum Gasteiger partial charge on any atom is 0.227 e. The number of aliphatic hydroxyl groups excluding tert-OH is 1. The van der Waals surface area contributed by atoms with Crippen molar-refractivity contribution in [1.82, 2.24) is 14.7 Å². The predicted molar refractivity (Wildman–Crippen MR) is 138 cm³/mol. The van der Waals surface area contributed by atoms with Gasteiger partial charge < -0.3 is 19.3 Å². The summed E-state index contributed by atoms with van der Waals surface area (Å²) in [5.74, 6) is 1.41. The van der Waals surface area contributed by atoms with E-state index in [4.69, 9.17) is 19.3 Å². The highest BCUT2D eigenvalue weighted by atomic mass is 16.5. The van der Waals surface area contributed by atoms with Gasteiger partial charge >= 0.3 is 0 Å². The zero-order chi connectivity index (χ0) is 25.4. The van der Waals surface area contributed by atoms with Crippen molar-refractivity contribution in [2.45, 2.75) is 52.9 Å². The standard InChI is InChI=1S/C28H39N3O4/c1-21-12-14-25(15-13-21)35-27-26(22(2)29-31(27)23-10-8-7-9-11-23)19-30(16-17-33-6)18-24(32)20-34-28(3,4)5/h7-15,24,32H,16-20H2,1-6H3. The van der Waals surface area contributed by atoms with Crippen molar-refractivity contribution in [3.63, 3.8) is 0 Å². The molecule has 0 saturated heterocycles. The van der Waals surface area contributed by atoms with Gasteiger partial charge in [0.2, 0.25) is 5.88 Å². The Kier molecular flexibility index (Phi) is 9.46. The lowest BCUT2D eigenvalue weighted by Crippen LogP contribution is -2.38. The number of hydrogen-bond donors (Lipinski definition) is 1. The molecule has 0 amide bonds. The minimum absolute atomic E-state index is 0.266. The SMILES string of the molecule is COCCN(Cc1c(C)nn(-c2ccccc2)c1Oc1ccc(C)cc1)CC(O)COC(C)(C)C. The number of methoxy groups -OCH3 is 1. The van der Waals surface area contributed by atoms with Crippen LogP contribution in [-0.2, 0) is 16.0 Å². The second kappa shape index (κ2) is 12.3. The van der Waals surface area contributed by atoms with Crippen LogP contribution >= 0.6 is 0 Å². The summed E-state index contributed by atoms with van der Waals surface area (Å²) in [7, 11) is 1.68. The molecular weight excluding hydrogens is 442 g/mol. The Morgan fingerprint density at radius 1 is 1.03 bits per heavy atom. The van der Waals surface area contributed by atoms with Gasteiger partial charge in [-0.25, -0.2) is 4.68 Å². The van der Waals surface area contributed by atoms with Crippen LogP contribution in [0.25, 0.3) is 5.69 Å². The van der Waals surface area contributed by atoms with E-state index in [9.17, 15) is 5.11 Å². The van der Waals surface area contributed by atoms with Crippen LogP contribution in [0.2, 0.25) is 0 Å². The van der Waals surface area contributed by atoms with Gasteiger partial charge in [0.15, 0.2) is 0 Å². The summed E-state index contributed by atoms with van der Waals surface area (Å²) in [6, 6.07) is 18.0. The van der Waals surface area contributed by atoms with Gasteiger partial charge in [0.05, 0.1) is 41.9 Å². The fourth-order valence-corrected chi connectivity index (χ4v) is 3.66. The number of nitrogens with zero attached hydrogens (tertiary/aromatic N) is 3. The van der Waals surface area contributed by atoms with E-state index in [1.807, 2.05) is 87.0 Å². The maximum atomic E-state index is 10.7. The number of aliphatic hydroxyl groups is 1. The number of aryl methyl sites for hydroxylation is 2. The van der Waals surface area contributed by atoms with E-state index in [2.05, 4.69) is 11.8 Å². The number of para-hydroxylation sites is 1. The van der Waals surface area contributed by atoms with Crippen LogP contribution in [0.3, 0.4) is 0 Å². The molecule has 1 aromatic heterocycles. The molecule has 0 radical (unpaired) electrons. The highest BCUT2D eigenvalue weighted by Gasteiger charge is 2.23. The molecule has 1 unspecified atom stereocenters. The monoisotopic (exact) mass is 481 g/mol. The fourth-order valence-electron chi connectivity index (χ4n) is 3.66. The van der Waals surface area contributed by atoms with Gasteiger partial charge in [-0.1, -0.05) is 35.9 Å². The summed E-state index contributed by atoms with van der Waals surface area (Å²) in [5, 5.41) is 15.5. The molecule has 35 heavy (non-hydrogen) atoms. The molecule has 0 saturated carbocycles. The third-order valence-electron chi connectivity index (χ3n) is 5.54. The Bertz CT molecular complexity index is 1040. The molecule has 190 valence electrons. The lowest BCUT2D eigenvalue weighted by atomic mass is 10.2. The van der Waals surface area contributed by atoms with Gasteiger partial charge in [-0.3, -0.25) is 4.90 Å². The summed E-state index contributed by atoms with van der Waals surface area (Å²) in [4.78, 5) is 2.15. The van der Waals surface area contributed by atoms with Crippen LogP contribution in [0.5, 0.6) is 11.6 Å². The van der Waals surface area contributed by atoms with Crippen molar-refractivity contribution in [3.05, 3.63) is 71.4 Å². The molecule has 7 nitrogen and oxygen atoms in total. The van der Waals surface area contributed by atoms with Crippen molar-refractivity contribution in [1.29, 1.82) is 0 Å². The molecule has 3 rings (SSSR count). The zero-order valence-electron chi connectivity index (χ0n) is 21.8. The number of aromatic nitrogens is 2. The molecular formula is C28H39N3O4. The smallest absolute Gasteiger partial charge is 0.227 e. The summed E-state index contributed by atoms with van der Waals surface area (Å²) >= 11 is 0. The van der Waals surface area contributed by atoms with E-state index in [1.165, 1.54) is 5.56 Å². The van der Waals surface area contributed by atoms with Gasteiger partial charge in [-0.05, 0) is 58.9 Å². The van der Waals surface area contributed by atoms with Crippen LogP contribution < -0.4 is 4.74 Å². The molecule has 7 heteroatoms. The van der Waals surface area contributed by atoms with Gasteiger partial charge in [0.1, 0.15) is 5.75 Å². The Morgan fingerprint density at radius 2 is 1.71 bits per heavy atom. The quantitative estimate of drug-likeness (QED) is 0.397. The minimum atomic E-state index is -0.628. The molecule has 0 aliphatic rings. The Balaban J connectivity index is 1.91. The van der Waals surface area contributed by atoms with Gasteiger partial charge in [-0.2, -0.15) is 5.10 Å². The summed E-state index contributed by atoms with van der Waals surface area (Å²) < 4.78 is 19.4. The van der Waals surface area contributed by atoms with Crippen molar-refractivity contribution in [3.8, 4) is 17.3 Å². The van der Waals surface area contributed by atoms with Crippen LogP contribution in [0.1, 0.15) is 37.6 Å². The lowest BCUT2D eigenvalue weighted by molar-refractivity contribution is -0.0577. The van der Waals surface area contributed by atoms with Crippen LogP contribution in [-0.4, -0.2) is 64.9 Å². The van der Waals surface area contributed by atoms with Crippen LogP contribution in [0.4, 0.5) is 0 Å². The van der Waals surface area contributed by atoms with Gasteiger partial charge in [0.25, 0.3) is 0 Å². The molecule has 1 N–H and O–H groups in total. The average molecular weight is 482 g/mol. The highest BCUT2D eigenvalue weighted by molar-refractivity contribution is 5.43. The Labute approximate surface area is 209 Å². The first-order valence-corrected chi connectivity index (χ1v) is 12.1. The normalized spacial score (nSPS) is 12.8. The van der Waals surface area contributed by atoms with Crippen LogP contribution in [0.15, 0.2) is 54.6 Å².